The Morgan fingerprint density at radius 2 is 1.17 bits per heavy atom. The Morgan fingerprint density at radius 3 is 1.96 bits per heavy atom. The van der Waals surface area contributed by atoms with Crippen LogP contribution in [0.4, 0.5) is 0 Å². The summed E-state index contributed by atoms with van der Waals surface area (Å²) in [6.45, 7) is 0. The van der Waals surface area contributed by atoms with Gasteiger partial charge in [0.05, 0.1) is 16.7 Å². The van der Waals surface area contributed by atoms with E-state index in [0.29, 0.717) is 5.82 Å². The molecule has 4 aromatic carbocycles. The third kappa shape index (κ3) is 4.47. The highest BCUT2D eigenvalue weighted by atomic mass is 32.1. The number of nitrogens with zero attached hydrogens (tertiary/aromatic N) is 5. The number of benzene rings is 4. The van der Waals surface area contributed by atoms with Crippen molar-refractivity contribution >= 4 is 43.2 Å². The Morgan fingerprint density at radius 1 is 0.500 bits per heavy atom. The molecular weight excluding hydrogens is 583 g/mol. The fourth-order valence-corrected chi connectivity index (χ4v) is 7.47. The minimum atomic E-state index is 0.655. The van der Waals surface area contributed by atoms with Crippen LogP contribution in [0.5, 0.6) is 0 Å². The molecule has 0 fully saturated rings. The first-order valence-corrected chi connectivity index (χ1v) is 15.9. The van der Waals surface area contributed by atoms with Crippen LogP contribution in [0, 0.1) is 0 Å². The minimum Gasteiger partial charge on any atom is -0.294 e. The number of hydrogen-bond acceptors (Lipinski definition) is 5. The van der Waals surface area contributed by atoms with Gasteiger partial charge >= 0.3 is 0 Å². The molecule has 0 bridgehead atoms. The van der Waals surface area contributed by atoms with Crippen molar-refractivity contribution in [1.82, 2.24) is 24.5 Å². The summed E-state index contributed by atoms with van der Waals surface area (Å²) in [4.78, 5) is 19.9. The lowest BCUT2D eigenvalue weighted by Crippen LogP contribution is -2.02. The summed E-state index contributed by atoms with van der Waals surface area (Å²) in [5, 5.41) is 3.69. The first kappa shape index (κ1) is 26.4. The van der Waals surface area contributed by atoms with Gasteiger partial charge in [0, 0.05) is 62.3 Å². The fourth-order valence-electron chi connectivity index (χ4n) is 6.25. The van der Waals surface area contributed by atoms with Crippen LogP contribution in [0.15, 0.2) is 152 Å². The molecular formula is C40H25N5S. The molecule has 5 heterocycles. The third-order valence-corrected chi connectivity index (χ3v) is 9.67. The van der Waals surface area contributed by atoms with E-state index in [4.69, 9.17) is 9.97 Å². The van der Waals surface area contributed by atoms with E-state index in [0.717, 1.165) is 44.8 Å². The van der Waals surface area contributed by atoms with E-state index < -0.39 is 0 Å². The summed E-state index contributed by atoms with van der Waals surface area (Å²) in [7, 11) is 0. The summed E-state index contributed by atoms with van der Waals surface area (Å²) in [6, 6.07) is 44.6. The molecule has 5 aromatic heterocycles. The van der Waals surface area contributed by atoms with E-state index in [1.54, 1.807) is 12.4 Å². The highest BCUT2D eigenvalue weighted by molar-refractivity contribution is 7.23. The van der Waals surface area contributed by atoms with Crippen molar-refractivity contribution in [2.75, 3.05) is 0 Å². The van der Waals surface area contributed by atoms with Crippen LogP contribution in [0.3, 0.4) is 0 Å². The molecule has 0 spiro atoms. The molecule has 6 heteroatoms. The smallest absolute Gasteiger partial charge is 0.162 e. The van der Waals surface area contributed by atoms with Crippen molar-refractivity contribution in [3.63, 3.8) is 0 Å². The largest absolute Gasteiger partial charge is 0.294 e. The number of thiophene rings is 1. The second kappa shape index (κ2) is 10.9. The van der Waals surface area contributed by atoms with Gasteiger partial charge in [-0.15, -0.1) is 11.3 Å². The number of pyridine rings is 2. The maximum Gasteiger partial charge on any atom is 0.162 e. The summed E-state index contributed by atoms with van der Waals surface area (Å²) < 4.78 is 3.56. The van der Waals surface area contributed by atoms with Gasteiger partial charge in [0.2, 0.25) is 0 Å². The van der Waals surface area contributed by atoms with Crippen molar-refractivity contribution in [2.45, 2.75) is 0 Å². The van der Waals surface area contributed by atoms with Crippen LogP contribution in [0.25, 0.3) is 81.9 Å². The quantitative estimate of drug-likeness (QED) is 0.195. The predicted molar refractivity (Wildman–Crippen MR) is 189 cm³/mol. The third-order valence-electron chi connectivity index (χ3n) is 8.45. The van der Waals surface area contributed by atoms with E-state index in [1.165, 1.54) is 31.3 Å². The highest BCUT2D eigenvalue weighted by Crippen LogP contribution is 2.43. The molecule has 46 heavy (non-hydrogen) atoms. The summed E-state index contributed by atoms with van der Waals surface area (Å²) >= 11 is 1.85. The minimum absolute atomic E-state index is 0.655. The van der Waals surface area contributed by atoms with Crippen molar-refractivity contribution in [3.8, 4) is 50.0 Å². The van der Waals surface area contributed by atoms with Crippen molar-refractivity contribution in [1.29, 1.82) is 0 Å². The Balaban J connectivity index is 1.27. The number of hydrogen-bond donors (Lipinski definition) is 0. The molecule has 0 amide bonds. The lowest BCUT2D eigenvalue weighted by molar-refractivity contribution is 1.05. The Bertz CT molecular complexity index is 2500. The second-order valence-corrected chi connectivity index (χ2v) is 12.2. The van der Waals surface area contributed by atoms with E-state index >= 15 is 0 Å². The van der Waals surface area contributed by atoms with Crippen molar-refractivity contribution < 1.29 is 0 Å². The Hall–Kier alpha value is -5.98. The molecule has 9 rings (SSSR count). The number of aromatic nitrogens is 5. The van der Waals surface area contributed by atoms with E-state index in [2.05, 4.69) is 118 Å². The molecule has 216 valence electrons. The second-order valence-electron chi connectivity index (χ2n) is 11.2. The van der Waals surface area contributed by atoms with Crippen LogP contribution < -0.4 is 0 Å². The Labute approximate surface area is 269 Å². The molecule has 0 aliphatic heterocycles. The lowest BCUT2D eigenvalue weighted by atomic mass is 10.0. The zero-order valence-electron chi connectivity index (χ0n) is 24.6. The first-order valence-electron chi connectivity index (χ1n) is 15.1. The van der Waals surface area contributed by atoms with Gasteiger partial charge in [-0.05, 0) is 64.5 Å². The standard InChI is InChI=1S/C40H25N5S/c1-2-6-29(7-3-1)36-24-31-14-15-35-38(39(31)46-36)32-8-4-5-9-34(32)45(35)37-25-33(43-40(44-37)30-18-22-42-23-19-30)28-12-10-26(11-13-28)27-16-20-41-21-17-27/h1-25H. The molecule has 0 saturated heterocycles. The SMILES string of the molecule is c1ccc(-c2cc3ccc4c(c5ccccc5n4-c4cc(-c5ccc(-c6ccncc6)cc5)nc(-c5ccncc5)n4)c3s2)cc1. The summed E-state index contributed by atoms with van der Waals surface area (Å²) in [6.07, 6.45) is 7.21. The average molecular weight is 608 g/mol. The van der Waals surface area contributed by atoms with Gasteiger partial charge in [-0.3, -0.25) is 14.5 Å². The van der Waals surface area contributed by atoms with E-state index in [1.807, 2.05) is 48.0 Å². The zero-order chi connectivity index (χ0) is 30.5. The maximum atomic E-state index is 5.19. The maximum absolute atomic E-state index is 5.19. The van der Waals surface area contributed by atoms with Crippen molar-refractivity contribution in [3.05, 3.63) is 152 Å². The van der Waals surface area contributed by atoms with E-state index in [9.17, 15) is 0 Å². The van der Waals surface area contributed by atoms with Crippen LogP contribution in [0.2, 0.25) is 0 Å². The number of para-hydroxylation sites is 1. The van der Waals surface area contributed by atoms with Gasteiger partial charge in [-0.2, -0.15) is 0 Å². The van der Waals surface area contributed by atoms with Gasteiger partial charge in [-0.1, -0.05) is 78.9 Å². The van der Waals surface area contributed by atoms with Gasteiger partial charge in [0.15, 0.2) is 5.82 Å². The molecule has 0 radical (unpaired) electrons. The predicted octanol–water partition coefficient (Wildman–Crippen LogP) is 10.2. The number of fused-ring (bicyclic) bond motifs is 5. The molecule has 9 aromatic rings. The van der Waals surface area contributed by atoms with Gasteiger partial charge < -0.3 is 0 Å². The molecule has 0 N–H and O–H groups in total. The summed E-state index contributed by atoms with van der Waals surface area (Å²) in [5.74, 6) is 1.48. The molecule has 0 saturated carbocycles. The molecule has 0 atom stereocenters. The average Bonchev–Trinajstić information content (AvgIpc) is 3.72. The van der Waals surface area contributed by atoms with Crippen molar-refractivity contribution in [2.24, 2.45) is 0 Å². The molecule has 0 aliphatic carbocycles. The lowest BCUT2D eigenvalue weighted by Gasteiger charge is -2.12. The molecule has 5 nitrogen and oxygen atoms in total. The topological polar surface area (TPSA) is 56.5 Å². The first-order chi connectivity index (χ1) is 22.8. The normalized spacial score (nSPS) is 11.5. The van der Waals surface area contributed by atoms with Crippen LogP contribution in [-0.2, 0) is 0 Å². The molecule has 0 aliphatic rings. The van der Waals surface area contributed by atoms with Crippen LogP contribution in [0.1, 0.15) is 0 Å². The van der Waals surface area contributed by atoms with Gasteiger partial charge in [0.25, 0.3) is 0 Å². The molecule has 0 unspecified atom stereocenters. The number of rotatable bonds is 5. The van der Waals surface area contributed by atoms with Gasteiger partial charge in [0.1, 0.15) is 5.82 Å². The van der Waals surface area contributed by atoms with Crippen LogP contribution >= 0.6 is 11.3 Å². The van der Waals surface area contributed by atoms with Gasteiger partial charge in [-0.25, -0.2) is 9.97 Å². The summed E-state index contributed by atoms with van der Waals surface area (Å²) in [5.41, 5.74) is 8.51. The zero-order valence-corrected chi connectivity index (χ0v) is 25.4. The highest BCUT2D eigenvalue weighted by Gasteiger charge is 2.19. The fraction of sp³-hybridized carbons (Fsp3) is 0. The van der Waals surface area contributed by atoms with E-state index in [-0.39, 0.29) is 0 Å². The monoisotopic (exact) mass is 607 g/mol. The van der Waals surface area contributed by atoms with Crippen LogP contribution in [-0.4, -0.2) is 24.5 Å². The Kier molecular flexibility index (Phi) is 6.25.